The van der Waals surface area contributed by atoms with Crippen molar-refractivity contribution in [1.82, 2.24) is 0 Å². The molecule has 0 N–H and O–H groups in total. The van der Waals surface area contributed by atoms with Crippen LogP contribution < -0.4 is 9.47 Å². The zero-order chi connectivity index (χ0) is 17.2. The van der Waals surface area contributed by atoms with E-state index in [9.17, 15) is 9.59 Å². The highest BCUT2D eigenvalue weighted by molar-refractivity contribution is 5.86. The Hall–Kier alpha value is -1.84. The Morgan fingerprint density at radius 2 is 1.25 bits per heavy atom. The van der Waals surface area contributed by atoms with Gasteiger partial charge in [-0.3, -0.25) is 9.59 Å². The minimum absolute atomic E-state index is 0.0203. The molecule has 2 aliphatic rings. The summed E-state index contributed by atoms with van der Waals surface area (Å²) in [5.74, 6) is 2.21. The van der Waals surface area contributed by atoms with Gasteiger partial charge in [0.25, 0.3) is 0 Å². The Kier molecular flexibility index (Phi) is 4.66. The van der Waals surface area contributed by atoms with Crippen molar-refractivity contribution in [3.8, 4) is 11.5 Å². The standard InChI is InChI=1S/C20H26O4/c1-3-19(9-15(21)10-19)13-23-17-6-5-7-18(8-17)24-14-20(4-2)11-16(22)12-20/h5-8H,3-4,9-14H2,1-2H3. The minimum Gasteiger partial charge on any atom is -0.493 e. The van der Waals surface area contributed by atoms with Gasteiger partial charge in [0, 0.05) is 42.6 Å². The second-order valence-electron chi connectivity index (χ2n) is 7.54. The van der Waals surface area contributed by atoms with Crippen LogP contribution in [-0.4, -0.2) is 24.8 Å². The molecule has 2 aliphatic carbocycles. The van der Waals surface area contributed by atoms with E-state index in [2.05, 4.69) is 13.8 Å². The van der Waals surface area contributed by atoms with Crippen LogP contribution in [0.25, 0.3) is 0 Å². The summed E-state index contributed by atoms with van der Waals surface area (Å²) in [5, 5.41) is 0. The molecule has 0 spiro atoms. The van der Waals surface area contributed by atoms with E-state index >= 15 is 0 Å². The number of carbonyl (C=O) groups is 2. The summed E-state index contributed by atoms with van der Waals surface area (Å²) in [6.07, 6.45) is 4.45. The Labute approximate surface area is 143 Å². The van der Waals surface area contributed by atoms with Crippen LogP contribution in [0.1, 0.15) is 52.4 Å². The van der Waals surface area contributed by atoms with Crippen LogP contribution in [0.15, 0.2) is 24.3 Å². The number of hydrogen-bond donors (Lipinski definition) is 0. The van der Waals surface area contributed by atoms with Crippen molar-refractivity contribution in [2.75, 3.05) is 13.2 Å². The molecule has 0 unspecified atom stereocenters. The second kappa shape index (κ2) is 6.58. The van der Waals surface area contributed by atoms with Gasteiger partial charge in [0.2, 0.25) is 0 Å². The average molecular weight is 330 g/mol. The molecule has 3 rings (SSSR count). The minimum atomic E-state index is 0.0203. The number of ketones is 2. The van der Waals surface area contributed by atoms with E-state index in [1.807, 2.05) is 24.3 Å². The predicted octanol–water partition coefficient (Wildman–Crippen LogP) is 3.96. The third kappa shape index (κ3) is 3.47. The summed E-state index contributed by atoms with van der Waals surface area (Å²) in [5.41, 5.74) is 0.0407. The predicted molar refractivity (Wildman–Crippen MR) is 91.4 cm³/mol. The molecule has 0 saturated heterocycles. The summed E-state index contributed by atoms with van der Waals surface area (Å²) in [7, 11) is 0. The Morgan fingerprint density at radius 3 is 1.58 bits per heavy atom. The Bertz CT molecular complexity index is 567. The van der Waals surface area contributed by atoms with Gasteiger partial charge in [-0.15, -0.1) is 0 Å². The van der Waals surface area contributed by atoms with Gasteiger partial charge in [-0.25, -0.2) is 0 Å². The molecule has 0 heterocycles. The van der Waals surface area contributed by atoms with Gasteiger partial charge < -0.3 is 9.47 Å². The van der Waals surface area contributed by atoms with E-state index in [0.717, 1.165) is 24.3 Å². The number of hydrogen-bond acceptors (Lipinski definition) is 4. The molecule has 4 nitrogen and oxygen atoms in total. The molecule has 0 aliphatic heterocycles. The van der Waals surface area contributed by atoms with Gasteiger partial charge in [0.05, 0.1) is 13.2 Å². The molecule has 0 atom stereocenters. The zero-order valence-electron chi connectivity index (χ0n) is 14.6. The van der Waals surface area contributed by atoms with Crippen molar-refractivity contribution in [3.63, 3.8) is 0 Å². The number of benzene rings is 1. The van der Waals surface area contributed by atoms with E-state index < -0.39 is 0 Å². The molecule has 1 aromatic carbocycles. The van der Waals surface area contributed by atoms with E-state index in [1.54, 1.807) is 0 Å². The van der Waals surface area contributed by atoms with Gasteiger partial charge in [0.1, 0.15) is 23.1 Å². The topological polar surface area (TPSA) is 52.6 Å². The zero-order valence-corrected chi connectivity index (χ0v) is 14.6. The molecule has 4 heteroatoms. The van der Waals surface area contributed by atoms with Crippen molar-refractivity contribution in [1.29, 1.82) is 0 Å². The maximum atomic E-state index is 11.3. The van der Waals surface area contributed by atoms with Gasteiger partial charge >= 0.3 is 0 Å². The first kappa shape index (κ1) is 17.0. The summed E-state index contributed by atoms with van der Waals surface area (Å²) in [6, 6.07) is 7.64. The Morgan fingerprint density at radius 1 is 0.833 bits per heavy atom. The molecule has 0 radical (unpaired) electrons. The number of rotatable bonds is 8. The number of ether oxygens (including phenoxy) is 2. The molecule has 130 valence electrons. The third-order valence-electron chi connectivity index (χ3n) is 5.68. The van der Waals surface area contributed by atoms with Gasteiger partial charge in [-0.1, -0.05) is 19.9 Å². The van der Waals surface area contributed by atoms with E-state index in [0.29, 0.717) is 50.5 Å². The normalized spacial score (nSPS) is 20.9. The SMILES string of the molecule is CCC1(COc2cccc(OCC3(CC)CC(=O)C3)c2)CC(=O)C1. The molecule has 0 amide bonds. The number of Topliss-reactive ketones (excluding diaryl/α,β-unsaturated/α-hetero) is 2. The molecule has 2 fully saturated rings. The summed E-state index contributed by atoms with van der Waals surface area (Å²) in [6.45, 7) is 5.37. The highest BCUT2D eigenvalue weighted by Gasteiger charge is 2.43. The lowest BCUT2D eigenvalue weighted by molar-refractivity contribution is -0.135. The maximum Gasteiger partial charge on any atom is 0.134 e. The average Bonchev–Trinajstić information content (AvgIpc) is 2.53. The summed E-state index contributed by atoms with van der Waals surface area (Å²) >= 11 is 0. The summed E-state index contributed by atoms with van der Waals surface area (Å²) < 4.78 is 11.8. The highest BCUT2D eigenvalue weighted by Crippen LogP contribution is 2.42. The first-order valence-electron chi connectivity index (χ1n) is 8.87. The lowest BCUT2D eigenvalue weighted by Crippen LogP contribution is -2.42. The van der Waals surface area contributed by atoms with E-state index in [-0.39, 0.29) is 10.8 Å². The monoisotopic (exact) mass is 330 g/mol. The van der Waals surface area contributed by atoms with Gasteiger partial charge in [-0.2, -0.15) is 0 Å². The second-order valence-corrected chi connectivity index (χ2v) is 7.54. The molecular weight excluding hydrogens is 304 g/mol. The molecule has 0 bridgehead atoms. The molecule has 0 aromatic heterocycles. The lowest BCUT2D eigenvalue weighted by atomic mass is 9.67. The molecule has 1 aromatic rings. The number of carbonyl (C=O) groups excluding carboxylic acids is 2. The van der Waals surface area contributed by atoms with Crippen LogP contribution in [-0.2, 0) is 9.59 Å². The van der Waals surface area contributed by atoms with Crippen molar-refractivity contribution in [3.05, 3.63) is 24.3 Å². The van der Waals surface area contributed by atoms with Crippen molar-refractivity contribution >= 4 is 11.6 Å². The smallest absolute Gasteiger partial charge is 0.134 e. The van der Waals surface area contributed by atoms with Crippen LogP contribution in [0.2, 0.25) is 0 Å². The van der Waals surface area contributed by atoms with Crippen LogP contribution in [0, 0.1) is 10.8 Å². The quantitative estimate of drug-likeness (QED) is 0.724. The lowest BCUT2D eigenvalue weighted by Gasteiger charge is -2.39. The van der Waals surface area contributed by atoms with Crippen molar-refractivity contribution < 1.29 is 19.1 Å². The fraction of sp³-hybridized carbons (Fsp3) is 0.600. The third-order valence-corrected chi connectivity index (χ3v) is 5.68. The fourth-order valence-electron chi connectivity index (χ4n) is 3.60. The van der Waals surface area contributed by atoms with Gasteiger partial charge in [0.15, 0.2) is 0 Å². The van der Waals surface area contributed by atoms with Gasteiger partial charge in [-0.05, 0) is 25.0 Å². The van der Waals surface area contributed by atoms with E-state index in [1.165, 1.54) is 0 Å². The molecule has 24 heavy (non-hydrogen) atoms. The first-order chi connectivity index (χ1) is 11.5. The van der Waals surface area contributed by atoms with Crippen LogP contribution in [0.5, 0.6) is 11.5 Å². The van der Waals surface area contributed by atoms with E-state index in [4.69, 9.17) is 9.47 Å². The van der Waals surface area contributed by atoms with Crippen LogP contribution in [0.4, 0.5) is 0 Å². The molecule has 2 saturated carbocycles. The van der Waals surface area contributed by atoms with Crippen LogP contribution >= 0.6 is 0 Å². The fourth-order valence-corrected chi connectivity index (χ4v) is 3.60. The largest absolute Gasteiger partial charge is 0.493 e. The van der Waals surface area contributed by atoms with Crippen LogP contribution in [0.3, 0.4) is 0 Å². The highest BCUT2D eigenvalue weighted by atomic mass is 16.5. The van der Waals surface area contributed by atoms with Crippen molar-refractivity contribution in [2.24, 2.45) is 10.8 Å². The van der Waals surface area contributed by atoms with Crippen molar-refractivity contribution in [2.45, 2.75) is 52.4 Å². The summed E-state index contributed by atoms with van der Waals surface area (Å²) in [4.78, 5) is 22.6. The molecular formula is C20H26O4. The Balaban J connectivity index is 1.54. The first-order valence-corrected chi connectivity index (χ1v) is 8.87. The maximum absolute atomic E-state index is 11.3.